The lowest BCUT2D eigenvalue weighted by molar-refractivity contribution is 0.411. The van der Waals surface area contributed by atoms with Crippen LogP contribution in [-0.2, 0) is 6.54 Å². The molecule has 0 saturated heterocycles. The van der Waals surface area contributed by atoms with Crippen molar-refractivity contribution in [1.29, 1.82) is 0 Å². The van der Waals surface area contributed by atoms with E-state index < -0.39 is 11.2 Å². The molecule has 0 fully saturated rings. The molecular weight excluding hydrogens is 256 g/mol. The van der Waals surface area contributed by atoms with E-state index in [0.717, 1.165) is 10.1 Å². The largest absolute Gasteiger partial charge is 0.494 e. The normalized spacial score (nSPS) is 10.5. The molecule has 104 valence electrons. The van der Waals surface area contributed by atoms with E-state index in [2.05, 4.69) is 11.6 Å². The van der Waals surface area contributed by atoms with Crippen LogP contribution in [0.25, 0.3) is 11.1 Å². The Hall–Kier alpha value is -2.56. The van der Waals surface area contributed by atoms with Crippen LogP contribution >= 0.6 is 0 Å². The highest BCUT2D eigenvalue weighted by molar-refractivity contribution is 5.67. The lowest BCUT2D eigenvalue weighted by Crippen LogP contribution is -2.31. The van der Waals surface area contributed by atoms with Crippen LogP contribution in [0, 0.1) is 6.92 Å². The van der Waals surface area contributed by atoms with Gasteiger partial charge in [0.15, 0.2) is 0 Å². The van der Waals surface area contributed by atoms with Gasteiger partial charge in [-0.15, -0.1) is 0 Å². The molecule has 0 saturated carbocycles. The summed E-state index contributed by atoms with van der Waals surface area (Å²) in [4.78, 5) is 25.9. The Morgan fingerprint density at radius 3 is 2.45 bits per heavy atom. The minimum absolute atomic E-state index is 0.0888. The average Bonchev–Trinajstić information content (AvgIpc) is 2.36. The van der Waals surface area contributed by atoms with Crippen LogP contribution in [-0.4, -0.2) is 14.7 Å². The molecule has 0 bridgehead atoms. The zero-order valence-electron chi connectivity index (χ0n) is 11.4. The van der Waals surface area contributed by atoms with Crippen molar-refractivity contribution in [2.24, 2.45) is 0 Å². The highest BCUT2D eigenvalue weighted by Crippen LogP contribution is 2.24. The smallest absolute Gasteiger partial charge is 0.331 e. The van der Waals surface area contributed by atoms with Crippen molar-refractivity contribution >= 4 is 0 Å². The molecule has 0 aliphatic rings. The van der Waals surface area contributed by atoms with E-state index in [-0.39, 0.29) is 18.0 Å². The van der Waals surface area contributed by atoms with E-state index in [9.17, 15) is 14.7 Å². The Morgan fingerprint density at radius 2 is 1.90 bits per heavy atom. The fraction of sp³-hybridized carbons (Fsp3) is 0.200. The molecular formula is C15H16N2O3. The highest BCUT2D eigenvalue weighted by atomic mass is 16.3. The first-order valence-electron chi connectivity index (χ1n) is 6.17. The minimum atomic E-state index is -0.647. The molecule has 1 heterocycles. The summed E-state index contributed by atoms with van der Waals surface area (Å²) in [6, 6.07) is 7.13. The van der Waals surface area contributed by atoms with Gasteiger partial charge < -0.3 is 5.11 Å². The first-order valence-corrected chi connectivity index (χ1v) is 6.17. The summed E-state index contributed by atoms with van der Waals surface area (Å²) in [5.74, 6) is -0.342. The van der Waals surface area contributed by atoms with Gasteiger partial charge in [0, 0.05) is 0 Å². The van der Waals surface area contributed by atoms with Crippen LogP contribution in [0.1, 0.15) is 12.5 Å². The quantitative estimate of drug-likeness (QED) is 0.836. The number of nitrogens with zero attached hydrogens (tertiary/aromatic N) is 1. The van der Waals surface area contributed by atoms with Crippen LogP contribution in [0.5, 0.6) is 5.88 Å². The summed E-state index contributed by atoms with van der Waals surface area (Å²) in [6.07, 6.45) is 0. The van der Waals surface area contributed by atoms with Crippen molar-refractivity contribution in [2.45, 2.75) is 20.4 Å². The van der Waals surface area contributed by atoms with E-state index in [1.54, 1.807) is 19.1 Å². The first kappa shape index (κ1) is 13.9. The van der Waals surface area contributed by atoms with Gasteiger partial charge in [-0.25, -0.2) is 4.79 Å². The monoisotopic (exact) mass is 272 g/mol. The first-order chi connectivity index (χ1) is 9.40. The van der Waals surface area contributed by atoms with Gasteiger partial charge in [-0.3, -0.25) is 14.3 Å². The fourth-order valence-corrected chi connectivity index (χ4v) is 1.96. The van der Waals surface area contributed by atoms with E-state index in [0.29, 0.717) is 11.1 Å². The lowest BCUT2D eigenvalue weighted by atomic mass is 10.1. The maximum Gasteiger partial charge on any atom is 0.331 e. The number of H-pyrrole nitrogens is 1. The zero-order valence-corrected chi connectivity index (χ0v) is 11.4. The molecule has 1 aromatic heterocycles. The molecule has 0 spiro atoms. The predicted molar refractivity (Wildman–Crippen MR) is 78.0 cm³/mol. The number of allylic oxidation sites excluding steroid dienone is 1. The van der Waals surface area contributed by atoms with Gasteiger partial charge in [-0.05, 0) is 19.4 Å². The van der Waals surface area contributed by atoms with Crippen LogP contribution < -0.4 is 11.2 Å². The van der Waals surface area contributed by atoms with E-state index in [1.165, 1.54) is 0 Å². The topological polar surface area (TPSA) is 75.1 Å². The van der Waals surface area contributed by atoms with Crippen molar-refractivity contribution in [1.82, 2.24) is 9.55 Å². The third kappa shape index (κ3) is 2.56. The number of hydrogen-bond donors (Lipinski definition) is 2. The van der Waals surface area contributed by atoms with Crippen molar-refractivity contribution in [3.63, 3.8) is 0 Å². The number of rotatable bonds is 3. The second kappa shape index (κ2) is 5.21. The van der Waals surface area contributed by atoms with Gasteiger partial charge >= 0.3 is 5.69 Å². The molecule has 0 aliphatic heterocycles. The molecule has 5 nitrogen and oxygen atoms in total. The van der Waals surface area contributed by atoms with Gasteiger partial charge in [0.25, 0.3) is 5.56 Å². The molecule has 2 aromatic rings. The van der Waals surface area contributed by atoms with Crippen LogP contribution in [0.3, 0.4) is 0 Å². The predicted octanol–water partition coefficient (Wildman–Crippen LogP) is 1.79. The van der Waals surface area contributed by atoms with Gasteiger partial charge in [0.05, 0.1) is 6.54 Å². The summed E-state index contributed by atoms with van der Waals surface area (Å²) in [7, 11) is 0. The van der Waals surface area contributed by atoms with E-state index >= 15 is 0 Å². The third-order valence-electron chi connectivity index (χ3n) is 2.94. The summed E-state index contributed by atoms with van der Waals surface area (Å²) in [6.45, 7) is 7.52. The van der Waals surface area contributed by atoms with Gasteiger partial charge in [0.2, 0.25) is 5.88 Å². The summed E-state index contributed by atoms with van der Waals surface area (Å²) < 4.78 is 1.10. The number of benzene rings is 1. The Morgan fingerprint density at radius 1 is 1.30 bits per heavy atom. The number of aromatic hydroxyl groups is 1. The lowest BCUT2D eigenvalue weighted by Gasteiger charge is -2.11. The summed E-state index contributed by atoms with van der Waals surface area (Å²) in [5.41, 5.74) is 1.14. The van der Waals surface area contributed by atoms with Gasteiger partial charge in [-0.2, -0.15) is 0 Å². The van der Waals surface area contributed by atoms with Crippen molar-refractivity contribution < 1.29 is 5.11 Å². The SMILES string of the molecule is C=C(C)Cn1c(O)c(-c2ccc(C)cc2)c(=O)[nH]c1=O. The average molecular weight is 272 g/mol. The summed E-state index contributed by atoms with van der Waals surface area (Å²) >= 11 is 0. The fourth-order valence-electron chi connectivity index (χ4n) is 1.96. The standard InChI is InChI=1S/C15H16N2O3/c1-9(2)8-17-14(19)12(13(18)16-15(17)20)11-6-4-10(3)5-7-11/h4-7,19H,1,8H2,2-3H3,(H,16,18,20). The molecule has 0 amide bonds. The zero-order chi connectivity index (χ0) is 14.9. The maximum absolute atomic E-state index is 11.9. The highest BCUT2D eigenvalue weighted by Gasteiger charge is 2.15. The number of aromatic amines is 1. The maximum atomic E-state index is 11.9. The molecule has 0 radical (unpaired) electrons. The van der Waals surface area contributed by atoms with Gasteiger partial charge in [0.1, 0.15) is 5.56 Å². The molecule has 0 unspecified atom stereocenters. The van der Waals surface area contributed by atoms with Gasteiger partial charge in [-0.1, -0.05) is 42.0 Å². The molecule has 20 heavy (non-hydrogen) atoms. The van der Waals surface area contributed by atoms with Crippen LogP contribution in [0.2, 0.25) is 0 Å². The number of aromatic nitrogens is 2. The molecule has 0 atom stereocenters. The second-order valence-corrected chi connectivity index (χ2v) is 4.87. The van der Waals surface area contributed by atoms with Crippen LogP contribution in [0.15, 0.2) is 46.0 Å². The Labute approximate surface area is 115 Å². The molecule has 5 heteroatoms. The Kier molecular flexibility index (Phi) is 3.61. The molecule has 2 rings (SSSR count). The third-order valence-corrected chi connectivity index (χ3v) is 2.94. The molecule has 1 aromatic carbocycles. The Bertz CT molecular complexity index is 767. The molecule has 2 N–H and O–H groups in total. The molecule has 0 aliphatic carbocycles. The van der Waals surface area contributed by atoms with E-state index in [1.807, 2.05) is 19.1 Å². The van der Waals surface area contributed by atoms with Crippen molar-refractivity contribution in [3.05, 3.63) is 62.8 Å². The number of aryl methyl sites for hydroxylation is 1. The van der Waals surface area contributed by atoms with Crippen LogP contribution in [0.4, 0.5) is 0 Å². The van der Waals surface area contributed by atoms with E-state index in [4.69, 9.17) is 0 Å². The number of hydrogen-bond acceptors (Lipinski definition) is 3. The minimum Gasteiger partial charge on any atom is -0.494 e. The summed E-state index contributed by atoms with van der Waals surface area (Å²) in [5, 5.41) is 10.2. The van der Waals surface area contributed by atoms with Crippen molar-refractivity contribution in [2.75, 3.05) is 0 Å². The number of nitrogens with one attached hydrogen (secondary N) is 1. The Balaban J connectivity index is 2.70. The van der Waals surface area contributed by atoms with Crippen molar-refractivity contribution in [3.8, 4) is 17.0 Å². The second-order valence-electron chi connectivity index (χ2n) is 4.87.